The maximum absolute atomic E-state index is 12.4. The molecule has 1 atom stereocenters. The van der Waals surface area contributed by atoms with E-state index in [2.05, 4.69) is 36.5 Å². The van der Waals surface area contributed by atoms with Gasteiger partial charge in [0.25, 0.3) is 0 Å². The molecule has 0 fully saturated rings. The molecule has 3 heteroatoms. The second kappa shape index (κ2) is 7.32. The second-order valence-corrected chi connectivity index (χ2v) is 6.03. The SMILES string of the molecule is CCCOc1ccccc1NC(=O)CC1CCc2ccccc21. The lowest BCUT2D eigenvalue weighted by atomic mass is 9.97. The lowest BCUT2D eigenvalue weighted by Gasteiger charge is -2.14. The van der Waals surface area contributed by atoms with Crippen LogP contribution in [0, 0.1) is 0 Å². The van der Waals surface area contributed by atoms with Crippen LogP contribution in [0.15, 0.2) is 48.5 Å². The van der Waals surface area contributed by atoms with Crippen LogP contribution in [-0.4, -0.2) is 12.5 Å². The molecule has 3 rings (SSSR count). The molecule has 1 unspecified atom stereocenters. The first-order valence-corrected chi connectivity index (χ1v) is 8.37. The van der Waals surface area contributed by atoms with Crippen LogP contribution in [0.1, 0.15) is 43.2 Å². The number of benzene rings is 2. The molecule has 0 saturated carbocycles. The van der Waals surface area contributed by atoms with Crippen molar-refractivity contribution in [2.75, 3.05) is 11.9 Å². The quantitative estimate of drug-likeness (QED) is 0.851. The molecule has 0 aromatic heterocycles. The van der Waals surface area contributed by atoms with Gasteiger partial charge in [-0.2, -0.15) is 0 Å². The Labute approximate surface area is 137 Å². The maximum atomic E-state index is 12.4. The van der Waals surface area contributed by atoms with E-state index in [9.17, 15) is 4.79 Å². The smallest absolute Gasteiger partial charge is 0.225 e. The van der Waals surface area contributed by atoms with Crippen LogP contribution >= 0.6 is 0 Å². The van der Waals surface area contributed by atoms with Crippen LogP contribution in [0.3, 0.4) is 0 Å². The van der Waals surface area contributed by atoms with Crippen molar-refractivity contribution in [2.24, 2.45) is 0 Å². The van der Waals surface area contributed by atoms with Gasteiger partial charge in [0.2, 0.25) is 5.91 Å². The molecule has 120 valence electrons. The summed E-state index contributed by atoms with van der Waals surface area (Å²) in [5.41, 5.74) is 3.48. The molecule has 0 spiro atoms. The highest BCUT2D eigenvalue weighted by Crippen LogP contribution is 2.35. The zero-order valence-corrected chi connectivity index (χ0v) is 13.5. The Morgan fingerprint density at radius 3 is 2.83 bits per heavy atom. The molecule has 3 nitrogen and oxygen atoms in total. The third kappa shape index (κ3) is 3.73. The third-order valence-corrected chi connectivity index (χ3v) is 4.31. The first kappa shape index (κ1) is 15.6. The minimum Gasteiger partial charge on any atom is -0.491 e. The summed E-state index contributed by atoms with van der Waals surface area (Å²) in [6, 6.07) is 16.1. The molecule has 2 aromatic carbocycles. The number of ether oxygens (including phenoxy) is 1. The minimum absolute atomic E-state index is 0.0549. The fourth-order valence-corrected chi connectivity index (χ4v) is 3.19. The summed E-state index contributed by atoms with van der Waals surface area (Å²) in [4.78, 5) is 12.4. The van der Waals surface area contributed by atoms with Gasteiger partial charge in [0.1, 0.15) is 5.75 Å². The number of hydrogen-bond donors (Lipinski definition) is 1. The highest BCUT2D eigenvalue weighted by atomic mass is 16.5. The fourth-order valence-electron chi connectivity index (χ4n) is 3.19. The van der Waals surface area contributed by atoms with Crippen LogP contribution in [0.2, 0.25) is 0 Å². The normalized spacial score (nSPS) is 16.0. The number of carbonyl (C=O) groups excluding carboxylic acids is 1. The number of aryl methyl sites for hydroxylation is 1. The number of para-hydroxylation sites is 2. The van der Waals surface area contributed by atoms with Crippen molar-refractivity contribution in [3.63, 3.8) is 0 Å². The molecule has 1 aliphatic carbocycles. The number of fused-ring (bicyclic) bond motifs is 1. The van der Waals surface area contributed by atoms with Crippen molar-refractivity contribution in [3.05, 3.63) is 59.7 Å². The number of carbonyl (C=O) groups is 1. The molecule has 0 heterocycles. The molecule has 2 aromatic rings. The van der Waals surface area contributed by atoms with E-state index in [1.54, 1.807) is 0 Å². The first-order valence-electron chi connectivity index (χ1n) is 8.37. The van der Waals surface area contributed by atoms with Crippen molar-refractivity contribution in [3.8, 4) is 5.75 Å². The maximum Gasteiger partial charge on any atom is 0.225 e. The molecule has 0 radical (unpaired) electrons. The third-order valence-electron chi connectivity index (χ3n) is 4.31. The zero-order chi connectivity index (χ0) is 16.1. The van der Waals surface area contributed by atoms with Gasteiger partial charge >= 0.3 is 0 Å². The molecule has 0 aliphatic heterocycles. The average Bonchev–Trinajstić information content (AvgIpc) is 2.97. The van der Waals surface area contributed by atoms with Gasteiger partial charge in [-0.05, 0) is 48.4 Å². The van der Waals surface area contributed by atoms with Crippen LogP contribution < -0.4 is 10.1 Å². The zero-order valence-electron chi connectivity index (χ0n) is 13.5. The van der Waals surface area contributed by atoms with E-state index in [1.165, 1.54) is 11.1 Å². The van der Waals surface area contributed by atoms with Gasteiger partial charge < -0.3 is 10.1 Å². The van der Waals surface area contributed by atoms with Gasteiger partial charge in [-0.3, -0.25) is 4.79 Å². The van der Waals surface area contributed by atoms with Crippen LogP contribution in [0.4, 0.5) is 5.69 Å². The molecule has 0 saturated heterocycles. The van der Waals surface area contributed by atoms with E-state index in [0.29, 0.717) is 18.9 Å². The van der Waals surface area contributed by atoms with E-state index in [4.69, 9.17) is 4.74 Å². The van der Waals surface area contributed by atoms with E-state index in [1.807, 2.05) is 24.3 Å². The Bertz CT molecular complexity index is 681. The van der Waals surface area contributed by atoms with Gasteiger partial charge in [0.05, 0.1) is 12.3 Å². The summed E-state index contributed by atoms with van der Waals surface area (Å²) in [6.45, 7) is 2.72. The summed E-state index contributed by atoms with van der Waals surface area (Å²) in [5.74, 6) is 1.13. The monoisotopic (exact) mass is 309 g/mol. The number of amides is 1. The lowest BCUT2D eigenvalue weighted by Crippen LogP contribution is -2.15. The number of anilines is 1. The molecule has 1 amide bonds. The molecular formula is C20H23NO2. The fraction of sp³-hybridized carbons (Fsp3) is 0.350. The van der Waals surface area contributed by atoms with Crippen molar-refractivity contribution in [1.82, 2.24) is 0 Å². The van der Waals surface area contributed by atoms with E-state index < -0.39 is 0 Å². The lowest BCUT2D eigenvalue weighted by molar-refractivity contribution is -0.116. The Morgan fingerprint density at radius 1 is 1.17 bits per heavy atom. The summed E-state index contributed by atoms with van der Waals surface area (Å²) in [7, 11) is 0. The van der Waals surface area contributed by atoms with Gasteiger partial charge in [0, 0.05) is 6.42 Å². The summed E-state index contributed by atoms with van der Waals surface area (Å²) < 4.78 is 5.70. The summed E-state index contributed by atoms with van der Waals surface area (Å²) in [5, 5.41) is 3.01. The topological polar surface area (TPSA) is 38.3 Å². The number of rotatable bonds is 6. The summed E-state index contributed by atoms with van der Waals surface area (Å²) >= 11 is 0. The Balaban J connectivity index is 1.64. The Kier molecular flexibility index (Phi) is 4.96. The largest absolute Gasteiger partial charge is 0.491 e. The van der Waals surface area contributed by atoms with Crippen molar-refractivity contribution < 1.29 is 9.53 Å². The number of nitrogens with one attached hydrogen (secondary N) is 1. The summed E-state index contributed by atoms with van der Waals surface area (Å²) in [6.07, 6.45) is 3.60. The predicted molar refractivity (Wildman–Crippen MR) is 93.0 cm³/mol. The molecular weight excluding hydrogens is 286 g/mol. The van der Waals surface area contributed by atoms with Crippen LogP contribution in [0.25, 0.3) is 0 Å². The Morgan fingerprint density at radius 2 is 1.96 bits per heavy atom. The Hall–Kier alpha value is -2.29. The van der Waals surface area contributed by atoms with E-state index in [0.717, 1.165) is 30.7 Å². The van der Waals surface area contributed by atoms with Gasteiger partial charge in [-0.15, -0.1) is 0 Å². The van der Waals surface area contributed by atoms with E-state index >= 15 is 0 Å². The van der Waals surface area contributed by atoms with Crippen molar-refractivity contribution >= 4 is 11.6 Å². The van der Waals surface area contributed by atoms with E-state index in [-0.39, 0.29) is 5.91 Å². The standard InChI is InChI=1S/C20H23NO2/c1-2-13-23-19-10-6-5-9-18(19)21-20(22)14-16-12-11-15-7-3-4-8-17(15)16/h3-10,16H,2,11-14H2,1H3,(H,21,22). The number of hydrogen-bond acceptors (Lipinski definition) is 2. The van der Waals surface area contributed by atoms with Gasteiger partial charge in [0.15, 0.2) is 0 Å². The highest BCUT2D eigenvalue weighted by molar-refractivity contribution is 5.92. The molecule has 23 heavy (non-hydrogen) atoms. The first-order chi connectivity index (χ1) is 11.3. The molecule has 1 aliphatic rings. The highest BCUT2D eigenvalue weighted by Gasteiger charge is 2.24. The molecule has 0 bridgehead atoms. The van der Waals surface area contributed by atoms with Gasteiger partial charge in [-0.1, -0.05) is 43.3 Å². The second-order valence-electron chi connectivity index (χ2n) is 6.03. The van der Waals surface area contributed by atoms with Crippen molar-refractivity contribution in [1.29, 1.82) is 0 Å². The molecule has 1 N–H and O–H groups in total. The predicted octanol–water partition coefficient (Wildman–Crippen LogP) is 4.53. The average molecular weight is 309 g/mol. The van der Waals surface area contributed by atoms with Gasteiger partial charge in [-0.25, -0.2) is 0 Å². The van der Waals surface area contributed by atoms with Crippen molar-refractivity contribution in [2.45, 2.75) is 38.5 Å². The minimum atomic E-state index is 0.0549. The van der Waals surface area contributed by atoms with Crippen LogP contribution in [0.5, 0.6) is 5.75 Å². The van der Waals surface area contributed by atoms with Crippen LogP contribution in [-0.2, 0) is 11.2 Å².